The minimum Gasteiger partial charge on any atom is -0.493 e. The third-order valence-electron chi connectivity index (χ3n) is 2.20. The summed E-state index contributed by atoms with van der Waals surface area (Å²) in [6.07, 6.45) is 0. The van der Waals surface area contributed by atoms with Crippen molar-refractivity contribution in [3.8, 4) is 17.4 Å². The average Bonchev–Trinajstić information content (AvgIpc) is 2.31. The minimum absolute atomic E-state index is 0.561. The molecule has 0 aliphatic heterocycles. The summed E-state index contributed by atoms with van der Waals surface area (Å²) < 4.78 is 11.9. The third kappa shape index (κ3) is 2.97. The Hall–Kier alpha value is -1.55. The molecule has 4 heteroatoms. The van der Waals surface area contributed by atoms with Crippen molar-refractivity contribution in [2.24, 2.45) is 0 Å². The molecule has 0 atom stereocenters. The van der Waals surface area contributed by atoms with Crippen LogP contribution in [0.2, 0.25) is 0 Å². The van der Waals surface area contributed by atoms with E-state index in [2.05, 4.69) is 20.9 Å². The Labute approximate surface area is 109 Å². The van der Waals surface area contributed by atoms with Crippen LogP contribution in [0.1, 0.15) is 5.69 Å². The summed E-state index contributed by atoms with van der Waals surface area (Å²) in [5.41, 5.74) is 0.915. The lowest BCUT2D eigenvalue weighted by Gasteiger charge is -2.10. The lowest BCUT2D eigenvalue weighted by Crippen LogP contribution is -1.92. The van der Waals surface area contributed by atoms with Crippen molar-refractivity contribution in [3.63, 3.8) is 0 Å². The summed E-state index contributed by atoms with van der Waals surface area (Å²) in [7, 11) is 1.61. The van der Waals surface area contributed by atoms with Gasteiger partial charge in [-0.1, -0.05) is 22.0 Å². The SMILES string of the molecule is COc1cc(Br)ccc1Oc1cccc(C)n1. The Balaban J connectivity index is 2.29. The quantitative estimate of drug-likeness (QED) is 0.858. The molecule has 0 unspecified atom stereocenters. The molecule has 1 aromatic carbocycles. The maximum absolute atomic E-state index is 5.68. The van der Waals surface area contributed by atoms with Gasteiger partial charge in [0.05, 0.1) is 7.11 Å². The van der Waals surface area contributed by atoms with Gasteiger partial charge in [0.15, 0.2) is 11.5 Å². The number of rotatable bonds is 3. The molecule has 1 aromatic heterocycles. The van der Waals surface area contributed by atoms with Crippen LogP contribution in [0.3, 0.4) is 0 Å². The lowest BCUT2D eigenvalue weighted by atomic mass is 10.3. The Morgan fingerprint density at radius 3 is 2.65 bits per heavy atom. The number of ether oxygens (including phenoxy) is 2. The van der Waals surface area contributed by atoms with Crippen LogP contribution in [0.15, 0.2) is 40.9 Å². The second kappa shape index (κ2) is 5.19. The van der Waals surface area contributed by atoms with Gasteiger partial charge in [-0.15, -0.1) is 0 Å². The number of methoxy groups -OCH3 is 1. The molecule has 0 amide bonds. The molecule has 0 fully saturated rings. The van der Waals surface area contributed by atoms with Crippen LogP contribution >= 0.6 is 15.9 Å². The van der Waals surface area contributed by atoms with Crippen molar-refractivity contribution in [2.75, 3.05) is 7.11 Å². The van der Waals surface area contributed by atoms with E-state index >= 15 is 0 Å². The van der Waals surface area contributed by atoms with Crippen molar-refractivity contribution >= 4 is 15.9 Å². The summed E-state index contributed by atoms with van der Waals surface area (Å²) in [5, 5.41) is 0. The highest BCUT2D eigenvalue weighted by atomic mass is 79.9. The molecular formula is C13H12BrNO2. The fourth-order valence-electron chi connectivity index (χ4n) is 1.41. The molecule has 2 rings (SSSR count). The smallest absolute Gasteiger partial charge is 0.219 e. The van der Waals surface area contributed by atoms with Gasteiger partial charge in [-0.05, 0) is 31.2 Å². The van der Waals surface area contributed by atoms with Crippen LogP contribution < -0.4 is 9.47 Å². The largest absolute Gasteiger partial charge is 0.493 e. The van der Waals surface area contributed by atoms with Gasteiger partial charge in [0.2, 0.25) is 5.88 Å². The van der Waals surface area contributed by atoms with E-state index in [9.17, 15) is 0 Å². The van der Waals surface area contributed by atoms with Crippen molar-refractivity contribution in [2.45, 2.75) is 6.92 Å². The number of hydrogen-bond donors (Lipinski definition) is 0. The van der Waals surface area contributed by atoms with Gasteiger partial charge >= 0.3 is 0 Å². The summed E-state index contributed by atoms with van der Waals surface area (Å²) in [6, 6.07) is 11.2. The maximum atomic E-state index is 5.68. The zero-order chi connectivity index (χ0) is 12.3. The van der Waals surface area contributed by atoms with Crippen molar-refractivity contribution in [1.29, 1.82) is 0 Å². The molecule has 0 saturated carbocycles. The van der Waals surface area contributed by atoms with E-state index in [1.165, 1.54) is 0 Å². The first-order valence-corrected chi connectivity index (χ1v) is 5.93. The number of nitrogens with zero attached hydrogens (tertiary/aromatic N) is 1. The standard InChI is InChI=1S/C13H12BrNO2/c1-9-4-3-5-13(15-9)17-11-7-6-10(14)8-12(11)16-2/h3-8H,1-2H3. The first-order valence-electron chi connectivity index (χ1n) is 5.14. The zero-order valence-electron chi connectivity index (χ0n) is 9.61. The molecule has 0 saturated heterocycles. The van der Waals surface area contributed by atoms with Gasteiger partial charge in [-0.25, -0.2) is 4.98 Å². The summed E-state index contributed by atoms with van der Waals surface area (Å²) in [5.74, 6) is 1.88. The van der Waals surface area contributed by atoms with Crippen molar-refractivity contribution < 1.29 is 9.47 Å². The average molecular weight is 294 g/mol. The predicted octanol–water partition coefficient (Wildman–Crippen LogP) is 3.95. The Bertz CT molecular complexity index is 529. The van der Waals surface area contributed by atoms with Crippen molar-refractivity contribution in [3.05, 3.63) is 46.6 Å². The van der Waals surface area contributed by atoms with Crippen LogP contribution in [-0.4, -0.2) is 12.1 Å². The minimum atomic E-state index is 0.561. The Kier molecular flexibility index (Phi) is 3.64. The van der Waals surface area contributed by atoms with Crippen LogP contribution in [0.25, 0.3) is 0 Å². The molecule has 17 heavy (non-hydrogen) atoms. The first kappa shape index (κ1) is 11.9. The number of aromatic nitrogens is 1. The second-order valence-electron chi connectivity index (χ2n) is 3.51. The normalized spacial score (nSPS) is 10.1. The van der Waals surface area contributed by atoms with Crippen molar-refractivity contribution in [1.82, 2.24) is 4.98 Å². The number of halogens is 1. The topological polar surface area (TPSA) is 31.4 Å². The van der Waals surface area contributed by atoms with Gasteiger partial charge in [0.25, 0.3) is 0 Å². The van der Waals surface area contributed by atoms with Gasteiger partial charge in [0.1, 0.15) is 0 Å². The van der Waals surface area contributed by atoms with Gasteiger partial charge in [0, 0.05) is 16.2 Å². The maximum Gasteiger partial charge on any atom is 0.219 e. The number of hydrogen-bond acceptors (Lipinski definition) is 3. The lowest BCUT2D eigenvalue weighted by molar-refractivity contribution is 0.373. The highest BCUT2D eigenvalue weighted by Gasteiger charge is 2.06. The van der Waals surface area contributed by atoms with E-state index in [-0.39, 0.29) is 0 Å². The van der Waals surface area contributed by atoms with E-state index in [0.717, 1.165) is 10.2 Å². The fourth-order valence-corrected chi connectivity index (χ4v) is 1.75. The van der Waals surface area contributed by atoms with Gasteiger partial charge in [-0.3, -0.25) is 0 Å². The van der Waals surface area contributed by atoms with E-state index < -0.39 is 0 Å². The van der Waals surface area contributed by atoms with E-state index in [0.29, 0.717) is 17.4 Å². The summed E-state index contributed by atoms with van der Waals surface area (Å²) in [4.78, 5) is 4.28. The van der Waals surface area contributed by atoms with E-state index in [4.69, 9.17) is 9.47 Å². The van der Waals surface area contributed by atoms with Crippen LogP contribution in [0.4, 0.5) is 0 Å². The van der Waals surface area contributed by atoms with Crippen LogP contribution in [0, 0.1) is 6.92 Å². The van der Waals surface area contributed by atoms with E-state index in [1.54, 1.807) is 7.11 Å². The summed E-state index contributed by atoms with van der Waals surface area (Å²) >= 11 is 3.38. The van der Waals surface area contributed by atoms with E-state index in [1.807, 2.05) is 43.3 Å². The zero-order valence-corrected chi connectivity index (χ0v) is 11.2. The fraction of sp³-hybridized carbons (Fsp3) is 0.154. The molecule has 0 aliphatic carbocycles. The molecule has 1 heterocycles. The van der Waals surface area contributed by atoms with Gasteiger partial charge < -0.3 is 9.47 Å². The number of aryl methyl sites for hydroxylation is 1. The Morgan fingerprint density at radius 1 is 1.12 bits per heavy atom. The third-order valence-corrected chi connectivity index (χ3v) is 2.70. The molecule has 0 bridgehead atoms. The molecular weight excluding hydrogens is 282 g/mol. The molecule has 0 aliphatic rings. The van der Waals surface area contributed by atoms with Crippen LogP contribution in [0.5, 0.6) is 17.4 Å². The number of benzene rings is 1. The molecule has 0 spiro atoms. The molecule has 2 aromatic rings. The highest BCUT2D eigenvalue weighted by molar-refractivity contribution is 9.10. The number of pyridine rings is 1. The Morgan fingerprint density at radius 2 is 1.94 bits per heavy atom. The van der Waals surface area contributed by atoms with Gasteiger partial charge in [-0.2, -0.15) is 0 Å². The molecule has 88 valence electrons. The highest BCUT2D eigenvalue weighted by Crippen LogP contribution is 2.33. The monoisotopic (exact) mass is 293 g/mol. The first-order chi connectivity index (χ1) is 8.19. The van der Waals surface area contributed by atoms with Crippen LogP contribution in [-0.2, 0) is 0 Å². The molecule has 3 nitrogen and oxygen atoms in total. The summed E-state index contributed by atoms with van der Waals surface area (Å²) in [6.45, 7) is 1.92. The predicted molar refractivity (Wildman–Crippen MR) is 69.7 cm³/mol. The molecule has 0 radical (unpaired) electrons. The second-order valence-corrected chi connectivity index (χ2v) is 4.43. The molecule has 0 N–H and O–H groups in total.